The van der Waals surface area contributed by atoms with Crippen molar-refractivity contribution in [1.82, 2.24) is 9.97 Å². The highest BCUT2D eigenvalue weighted by Gasteiger charge is 2.33. The van der Waals surface area contributed by atoms with Gasteiger partial charge in [-0.15, -0.1) is 0 Å². The molecule has 0 N–H and O–H groups in total. The third-order valence-electron chi connectivity index (χ3n) is 3.58. The highest BCUT2D eigenvalue weighted by molar-refractivity contribution is 6.82. The van der Waals surface area contributed by atoms with E-state index in [1.807, 2.05) is 6.20 Å². The van der Waals surface area contributed by atoms with E-state index in [2.05, 4.69) is 42.4 Å². The Morgan fingerprint density at radius 3 is 2.13 bits per heavy atom. The van der Waals surface area contributed by atoms with Crippen molar-refractivity contribution in [3.8, 4) is 0 Å². The molecule has 0 aliphatic carbocycles. The van der Waals surface area contributed by atoms with Gasteiger partial charge >= 0.3 is 0 Å². The molecule has 84 valence electrons. The Balaban J connectivity index is 2.95. The van der Waals surface area contributed by atoms with Gasteiger partial charge in [0.2, 0.25) is 0 Å². The Hall–Kier alpha value is -0.903. The predicted molar refractivity (Wildman–Crippen MR) is 67.6 cm³/mol. The smallest absolute Gasteiger partial charge is 0.157 e. The fourth-order valence-corrected chi connectivity index (χ4v) is 5.69. The molecule has 0 aliphatic heterocycles. The molecule has 0 saturated heterocycles. The van der Waals surface area contributed by atoms with Crippen molar-refractivity contribution in [1.29, 1.82) is 0 Å². The molecule has 0 aliphatic rings. The fourth-order valence-electron chi connectivity index (χ4n) is 2.17. The molecule has 3 nitrogen and oxygen atoms in total. The summed E-state index contributed by atoms with van der Waals surface area (Å²) in [7, 11) is 0.843. The lowest BCUT2D eigenvalue weighted by molar-refractivity contribution is 1.03. The van der Waals surface area contributed by atoms with Crippen molar-refractivity contribution in [3.63, 3.8) is 0 Å². The summed E-state index contributed by atoms with van der Waals surface area (Å²) in [5.74, 6) is 1.02. The van der Waals surface area contributed by atoms with Gasteiger partial charge < -0.3 is 4.57 Å². The topological polar surface area (TPSA) is 29.0 Å². The van der Waals surface area contributed by atoms with Crippen LogP contribution < -0.4 is 4.57 Å². The number of hydrogen-bond donors (Lipinski definition) is 0. The van der Waals surface area contributed by atoms with Crippen molar-refractivity contribution in [3.05, 3.63) is 18.6 Å². The minimum absolute atomic E-state index is 1.02. The lowest BCUT2D eigenvalue weighted by Crippen LogP contribution is -2.50. The largest absolute Gasteiger partial charge is 0.384 e. The molecule has 0 bridgehead atoms. The molecular formula is C11H21N3Si. The fraction of sp³-hybridized carbons (Fsp3) is 0.636. The van der Waals surface area contributed by atoms with E-state index in [9.17, 15) is 0 Å². The van der Waals surface area contributed by atoms with Crippen LogP contribution >= 0.6 is 0 Å². The van der Waals surface area contributed by atoms with Crippen LogP contribution in [0.15, 0.2) is 18.6 Å². The van der Waals surface area contributed by atoms with Crippen LogP contribution in [0.2, 0.25) is 18.1 Å². The van der Waals surface area contributed by atoms with Crippen molar-refractivity contribution >= 4 is 14.1 Å². The Bertz CT molecular complexity index is 277. The molecule has 1 heterocycles. The lowest BCUT2D eigenvalue weighted by Gasteiger charge is -2.38. The van der Waals surface area contributed by atoms with Crippen molar-refractivity contribution in [2.24, 2.45) is 0 Å². The molecule has 1 aromatic heterocycles. The van der Waals surface area contributed by atoms with Gasteiger partial charge in [0.1, 0.15) is 5.82 Å². The van der Waals surface area contributed by atoms with Crippen LogP contribution in [0.25, 0.3) is 0 Å². The van der Waals surface area contributed by atoms with Crippen LogP contribution in [0.1, 0.15) is 20.8 Å². The van der Waals surface area contributed by atoms with E-state index in [-0.39, 0.29) is 0 Å². The first-order chi connectivity index (χ1) is 7.20. The second-order valence-electron chi connectivity index (χ2n) is 3.91. The quantitative estimate of drug-likeness (QED) is 0.719. The molecule has 0 amide bonds. The SMILES string of the molecule is CC[Si](CC)(CC)N(C)c1cnccn1. The summed E-state index contributed by atoms with van der Waals surface area (Å²) >= 11 is 0. The van der Waals surface area contributed by atoms with Crippen molar-refractivity contribution < 1.29 is 0 Å². The van der Waals surface area contributed by atoms with E-state index < -0.39 is 8.24 Å². The molecule has 0 aromatic carbocycles. The van der Waals surface area contributed by atoms with Crippen LogP contribution in [0.3, 0.4) is 0 Å². The third kappa shape index (κ3) is 2.37. The normalized spacial score (nSPS) is 11.5. The highest BCUT2D eigenvalue weighted by atomic mass is 28.3. The summed E-state index contributed by atoms with van der Waals surface area (Å²) < 4.78 is 2.40. The van der Waals surface area contributed by atoms with Gasteiger partial charge in [-0.25, -0.2) is 4.98 Å². The van der Waals surface area contributed by atoms with Gasteiger partial charge in [-0.05, 0) is 25.2 Å². The highest BCUT2D eigenvalue weighted by Crippen LogP contribution is 2.26. The number of rotatable bonds is 5. The molecule has 0 unspecified atom stereocenters. The van der Waals surface area contributed by atoms with Crippen LogP contribution in [-0.2, 0) is 0 Å². The average Bonchev–Trinajstić information content (AvgIpc) is 2.33. The number of nitrogens with zero attached hydrogens (tertiary/aromatic N) is 3. The first kappa shape index (κ1) is 12.2. The summed E-state index contributed by atoms with van der Waals surface area (Å²) in [5, 5.41) is 0. The minimum Gasteiger partial charge on any atom is -0.384 e. The first-order valence-electron chi connectivity index (χ1n) is 5.70. The Morgan fingerprint density at radius 2 is 1.73 bits per heavy atom. The second kappa shape index (κ2) is 5.26. The Kier molecular flexibility index (Phi) is 4.26. The molecule has 0 spiro atoms. The van der Waals surface area contributed by atoms with Crippen molar-refractivity contribution in [2.75, 3.05) is 11.6 Å². The standard InChI is InChI=1S/C11H21N3Si/c1-5-15(6-2,7-3)14(4)11-10-12-8-9-13-11/h8-10H,5-7H2,1-4H3. The minimum atomic E-state index is -1.33. The van der Waals surface area contributed by atoms with E-state index in [0.29, 0.717) is 0 Å². The molecule has 0 atom stereocenters. The summed E-state index contributed by atoms with van der Waals surface area (Å²) in [6.45, 7) is 6.89. The summed E-state index contributed by atoms with van der Waals surface area (Å²) in [6.07, 6.45) is 5.36. The van der Waals surface area contributed by atoms with E-state index in [1.54, 1.807) is 12.4 Å². The molecule has 4 heteroatoms. The maximum atomic E-state index is 4.39. The van der Waals surface area contributed by atoms with E-state index in [1.165, 1.54) is 18.1 Å². The molecule has 0 saturated carbocycles. The zero-order valence-corrected chi connectivity index (χ0v) is 11.2. The van der Waals surface area contributed by atoms with Crippen molar-refractivity contribution in [2.45, 2.75) is 38.9 Å². The molecule has 0 fully saturated rings. The van der Waals surface area contributed by atoms with Gasteiger partial charge in [0.15, 0.2) is 8.24 Å². The average molecular weight is 223 g/mol. The molecule has 1 aromatic rings. The van der Waals surface area contributed by atoms with Crippen LogP contribution in [0.5, 0.6) is 0 Å². The Morgan fingerprint density at radius 1 is 1.13 bits per heavy atom. The van der Waals surface area contributed by atoms with E-state index in [0.717, 1.165) is 5.82 Å². The zero-order valence-electron chi connectivity index (χ0n) is 10.2. The van der Waals surface area contributed by atoms with Crippen LogP contribution in [-0.4, -0.2) is 25.3 Å². The number of hydrogen-bond acceptors (Lipinski definition) is 3. The maximum Gasteiger partial charge on any atom is 0.157 e. The van der Waals surface area contributed by atoms with E-state index >= 15 is 0 Å². The number of anilines is 1. The Labute approximate surface area is 93.6 Å². The van der Waals surface area contributed by atoms with Gasteiger partial charge in [0, 0.05) is 12.4 Å². The molecule has 15 heavy (non-hydrogen) atoms. The lowest BCUT2D eigenvalue weighted by atomic mass is 10.7. The zero-order chi connectivity index (χ0) is 11.3. The van der Waals surface area contributed by atoms with Gasteiger partial charge in [-0.3, -0.25) is 4.98 Å². The van der Waals surface area contributed by atoms with Gasteiger partial charge in [0.05, 0.1) is 6.20 Å². The second-order valence-corrected chi connectivity index (χ2v) is 9.15. The summed E-state index contributed by atoms with van der Waals surface area (Å²) in [5.41, 5.74) is 0. The van der Waals surface area contributed by atoms with E-state index in [4.69, 9.17) is 0 Å². The maximum absolute atomic E-state index is 4.39. The van der Waals surface area contributed by atoms with Gasteiger partial charge in [0.25, 0.3) is 0 Å². The summed E-state index contributed by atoms with van der Waals surface area (Å²) in [6, 6.07) is 3.81. The third-order valence-corrected chi connectivity index (χ3v) is 9.18. The van der Waals surface area contributed by atoms with Crippen LogP contribution in [0, 0.1) is 0 Å². The predicted octanol–water partition coefficient (Wildman–Crippen LogP) is 2.92. The number of aromatic nitrogens is 2. The monoisotopic (exact) mass is 223 g/mol. The van der Waals surface area contributed by atoms with Gasteiger partial charge in [-0.2, -0.15) is 0 Å². The summed E-state index contributed by atoms with van der Waals surface area (Å²) in [4.78, 5) is 8.53. The van der Waals surface area contributed by atoms with Crippen LogP contribution in [0.4, 0.5) is 5.82 Å². The molecule has 1 rings (SSSR count). The molecule has 0 radical (unpaired) electrons. The first-order valence-corrected chi connectivity index (χ1v) is 8.27. The molecular weight excluding hydrogens is 202 g/mol. The van der Waals surface area contributed by atoms with Gasteiger partial charge in [-0.1, -0.05) is 20.8 Å².